The Morgan fingerprint density at radius 2 is 2.27 bits per heavy atom. The number of hydrogen-bond acceptors (Lipinski definition) is 3. The first-order valence-electron chi connectivity index (χ1n) is 4.09. The molecule has 1 rings (SSSR count). The Morgan fingerprint density at radius 1 is 1.60 bits per heavy atom. The van der Waals surface area contributed by atoms with Crippen LogP contribution in [-0.4, -0.2) is 4.98 Å². The minimum Gasteiger partial charge on any atom is -0.383 e. The standard InChI is InChI=1S/C9H8ClF2N3/c10-4-5-3-6(8(11)12)7(1-2-13)15-9(5)14/h3,8H,1,4H2,(H2,14,15). The summed E-state index contributed by atoms with van der Waals surface area (Å²) in [6.07, 6.45) is -2.87. The molecular weight excluding hydrogens is 224 g/mol. The number of anilines is 1. The predicted molar refractivity (Wildman–Crippen MR) is 52.5 cm³/mol. The summed E-state index contributed by atoms with van der Waals surface area (Å²) in [7, 11) is 0. The van der Waals surface area contributed by atoms with Crippen LogP contribution in [0.4, 0.5) is 14.6 Å². The van der Waals surface area contributed by atoms with Gasteiger partial charge in [-0.05, 0) is 6.07 Å². The normalized spacial score (nSPS) is 10.3. The molecule has 6 heteroatoms. The van der Waals surface area contributed by atoms with Gasteiger partial charge in [-0.1, -0.05) is 0 Å². The number of halogens is 3. The lowest BCUT2D eigenvalue weighted by molar-refractivity contribution is 0.150. The third-order valence-electron chi connectivity index (χ3n) is 1.87. The van der Waals surface area contributed by atoms with Crippen molar-refractivity contribution in [3.63, 3.8) is 0 Å². The van der Waals surface area contributed by atoms with E-state index in [-0.39, 0.29) is 29.4 Å². The number of aromatic nitrogens is 1. The Labute approximate surface area is 90.5 Å². The summed E-state index contributed by atoms with van der Waals surface area (Å²) in [4.78, 5) is 3.75. The van der Waals surface area contributed by atoms with Gasteiger partial charge in [-0.2, -0.15) is 5.26 Å². The van der Waals surface area contributed by atoms with E-state index in [9.17, 15) is 8.78 Å². The number of pyridine rings is 1. The minimum atomic E-state index is -2.68. The molecule has 0 fully saturated rings. The van der Waals surface area contributed by atoms with Crippen molar-refractivity contribution in [2.75, 3.05) is 5.73 Å². The van der Waals surface area contributed by atoms with E-state index in [1.54, 1.807) is 6.07 Å². The number of rotatable bonds is 3. The van der Waals surface area contributed by atoms with Gasteiger partial charge in [0.2, 0.25) is 0 Å². The molecule has 0 radical (unpaired) electrons. The van der Waals surface area contributed by atoms with E-state index in [0.717, 1.165) is 0 Å². The maximum atomic E-state index is 12.6. The summed E-state index contributed by atoms with van der Waals surface area (Å²) in [5.41, 5.74) is 5.57. The topological polar surface area (TPSA) is 62.7 Å². The van der Waals surface area contributed by atoms with Crippen molar-refractivity contribution in [1.82, 2.24) is 4.98 Å². The molecule has 0 aliphatic rings. The lowest BCUT2D eigenvalue weighted by atomic mass is 10.1. The number of hydrogen-bond donors (Lipinski definition) is 1. The monoisotopic (exact) mass is 231 g/mol. The minimum absolute atomic E-state index is 0.0128. The SMILES string of the molecule is N#CCc1nc(N)c(CCl)cc1C(F)F. The maximum Gasteiger partial charge on any atom is 0.265 e. The first-order valence-corrected chi connectivity index (χ1v) is 4.62. The Bertz CT molecular complexity index is 401. The van der Waals surface area contributed by atoms with Crippen LogP contribution in [0.2, 0.25) is 0 Å². The van der Waals surface area contributed by atoms with Gasteiger partial charge in [0.05, 0.1) is 24.1 Å². The van der Waals surface area contributed by atoms with Gasteiger partial charge >= 0.3 is 0 Å². The van der Waals surface area contributed by atoms with E-state index >= 15 is 0 Å². The second kappa shape index (κ2) is 4.89. The van der Waals surface area contributed by atoms with Crippen molar-refractivity contribution < 1.29 is 8.78 Å². The Morgan fingerprint density at radius 3 is 2.73 bits per heavy atom. The molecule has 0 atom stereocenters. The van der Waals surface area contributed by atoms with Gasteiger partial charge in [-0.3, -0.25) is 0 Å². The van der Waals surface area contributed by atoms with Crippen LogP contribution in [0.15, 0.2) is 6.07 Å². The molecule has 0 aliphatic carbocycles. The fourth-order valence-electron chi connectivity index (χ4n) is 1.14. The number of nitrogen functional groups attached to an aromatic ring is 1. The summed E-state index contributed by atoms with van der Waals surface area (Å²) >= 11 is 5.51. The van der Waals surface area contributed by atoms with Crippen molar-refractivity contribution in [3.8, 4) is 6.07 Å². The molecule has 0 saturated heterocycles. The maximum absolute atomic E-state index is 12.6. The highest BCUT2D eigenvalue weighted by molar-refractivity contribution is 6.17. The average molecular weight is 232 g/mol. The quantitative estimate of drug-likeness (QED) is 0.813. The fraction of sp³-hybridized carbons (Fsp3) is 0.333. The first kappa shape index (κ1) is 11.7. The van der Waals surface area contributed by atoms with Crippen molar-refractivity contribution in [2.24, 2.45) is 0 Å². The zero-order chi connectivity index (χ0) is 11.4. The zero-order valence-electron chi connectivity index (χ0n) is 7.67. The molecule has 0 unspecified atom stereocenters. The number of nitrogens with zero attached hydrogens (tertiary/aromatic N) is 2. The molecule has 1 aromatic heterocycles. The summed E-state index contributed by atoms with van der Waals surface area (Å²) in [6.45, 7) is 0. The number of nitrogens with two attached hydrogens (primary N) is 1. The van der Waals surface area contributed by atoms with Crippen molar-refractivity contribution in [2.45, 2.75) is 18.7 Å². The largest absolute Gasteiger partial charge is 0.383 e. The molecule has 0 amide bonds. The van der Waals surface area contributed by atoms with E-state index in [2.05, 4.69) is 4.98 Å². The van der Waals surface area contributed by atoms with Crippen LogP contribution in [0.1, 0.15) is 23.2 Å². The molecule has 2 N–H and O–H groups in total. The molecule has 1 heterocycles. The molecule has 0 bridgehead atoms. The van der Waals surface area contributed by atoms with E-state index < -0.39 is 6.43 Å². The molecule has 15 heavy (non-hydrogen) atoms. The first-order chi connectivity index (χ1) is 7.10. The van der Waals surface area contributed by atoms with Crippen molar-refractivity contribution in [3.05, 3.63) is 22.9 Å². The van der Waals surface area contributed by atoms with E-state index in [4.69, 9.17) is 22.6 Å². The number of nitriles is 1. The zero-order valence-corrected chi connectivity index (χ0v) is 8.43. The van der Waals surface area contributed by atoms with Crippen molar-refractivity contribution >= 4 is 17.4 Å². The summed E-state index contributed by atoms with van der Waals surface area (Å²) < 4.78 is 25.1. The van der Waals surface area contributed by atoms with Gasteiger partial charge in [0.15, 0.2) is 0 Å². The highest BCUT2D eigenvalue weighted by Gasteiger charge is 2.16. The van der Waals surface area contributed by atoms with Gasteiger partial charge < -0.3 is 5.73 Å². The van der Waals surface area contributed by atoms with Crippen LogP contribution in [0.5, 0.6) is 0 Å². The van der Waals surface area contributed by atoms with Gasteiger partial charge in [0.25, 0.3) is 6.43 Å². The highest BCUT2D eigenvalue weighted by atomic mass is 35.5. The fourth-order valence-corrected chi connectivity index (χ4v) is 1.35. The van der Waals surface area contributed by atoms with Crippen LogP contribution in [0, 0.1) is 11.3 Å². The Kier molecular flexibility index (Phi) is 3.81. The molecule has 1 aromatic rings. The highest BCUT2D eigenvalue weighted by Crippen LogP contribution is 2.26. The summed E-state index contributed by atoms with van der Waals surface area (Å²) in [6, 6.07) is 2.96. The average Bonchev–Trinajstić information content (AvgIpc) is 2.18. The van der Waals surface area contributed by atoms with Gasteiger partial charge in [0, 0.05) is 11.1 Å². The Balaban J connectivity index is 3.26. The summed E-state index contributed by atoms with van der Waals surface area (Å²) in [5.74, 6) is 0.116. The van der Waals surface area contributed by atoms with Crippen LogP contribution in [-0.2, 0) is 12.3 Å². The third-order valence-corrected chi connectivity index (χ3v) is 2.16. The smallest absolute Gasteiger partial charge is 0.265 e. The molecule has 0 aromatic carbocycles. The molecule has 80 valence electrons. The predicted octanol–water partition coefficient (Wildman–Crippen LogP) is 2.41. The summed E-state index contributed by atoms with van der Waals surface area (Å²) in [5, 5.41) is 8.44. The van der Waals surface area contributed by atoms with E-state index in [1.165, 1.54) is 6.07 Å². The molecule has 0 aliphatic heterocycles. The third kappa shape index (κ3) is 2.54. The van der Waals surface area contributed by atoms with Gasteiger partial charge in [-0.25, -0.2) is 13.8 Å². The lowest BCUT2D eigenvalue weighted by Gasteiger charge is -2.09. The second-order valence-corrected chi connectivity index (χ2v) is 3.11. The van der Waals surface area contributed by atoms with Gasteiger partial charge in [0.1, 0.15) is 5.82 Å². The van der Waals surface area contributed by atoms with Gasteiger partial charge in [-0.15, -0.1) is 11.6 Å². The second-order valence-electron chi connectivity index (χ2n) is 2.84. The molecule has 0 saturated carbocycles. The molecule has 0 spiro atoms. The van der Waals surface area contributed by atoms with Crippen LogP contribution in [0.25, 0.3) is 0 Å². The number of alkyl halides is 3. The Hall–Kier alpha value is -1.41. The van der Waals surface area contributed by atoms with E-state index in [1.807, 2.05) is 0 Å². The van der Waals surface area contributed by atoms with Crippen molar-refractivity contribution in [1.29, 1.82) is 5.26 Å². The van der Waals surface area contributed by atoms with E-state index in [0.29, 0.717) is 5.56 Å². The van der Waals surface area contributed by atoms with Crippen LogP contribution < -0.4 is 5.73 Å². The molecular formula is C9H8ClF2N3. The van der Waals surface area contributed by atoms with Crippen LogP contribution >= 0.6 is 11.6 Å². The van der Waals surface area contributed by atoms with Crippen LogP contribution in [0.3, 0.4) is 0 Å². The molecule has 3 nitrogen and oxygen atoms in total. The lowest BCUT2D eigenvalue weighted by Crippen LogP contribution is -2.05.